The lowest BCUT2D eigenvalue weighted by molar-refractivity contribution is 0.0844. The Morgan fingerprint density at radius 1 is 1.00 bits per heavy atom. The van der Waals surface area contributed by atoms with Crippen molar-refractivity contribution in [2.75, 3.05) is 6.61 Å². The van der Waals surface area contributed by atoms with Crippen molar-refractivity contribution in [2.45, 2.75) is 13.3 Å². The van der Waals surface area contributed by atoms with Crippen molar-refractivity contribution in [3.05, 3.63) is 64.7 Å². The normalized spacial score (nSPS) is 10.0. The Bertz CT molecular complexity index is 686. The maximum atomic E-state index is 12.2. The summed E-state index contributed by atoms with van der Waals surface area (Å²) in [5.41, 5.74) is 5.49. The molecule has 2 aromatic carbocycles. The Morgan fingerprint density at radius 3 is 2.35 bits per heavy atom. The van der Waals surface area contributed by atoms with Gasteiger partial charge in [-0.2, -0.15) is 0 Å². The second kappa shape index (κ2) is 8.19. The highest BCUT2D eigenvalue weighted by atomic mass is 35.5. The number of hydrogen-bond acceptors (Lipinski definition) is 3. The number of amides is 2. The molecule has 0 heterocycles. The molecule has 0 saturated heterocycles. The molecule has 2 rings (SSSR count). The minimum Gasteiger partial charge on any atom is -0.493 e. The summed E-state index contributed by atoms with van der Waals surface area (Å²) in [7, 11) is 0. The van der Waals surface area contributed by atoms with E-state index in [1.807, 2.05) is 6.92 Å². The Balaban J connectivity index is 1.99. The van der Waals surface area contributed by atoms with Crippen molar-refractivity contribution < 1.29 is 14.3 Å². The van der Waals surface area contributed by atoms with Gasteiger partial charge in [-0.05, 0) is 42.8 Å². The van der Waals surface area contributed by atoms with Crippen LogP contribution in [-0.2, 0) is 0 Å². The number of hydrazine groups is 1. The van der Waals surface area contributed by atoms with Gasteiger partial charge in [-0.1, -0.05) is 30.7 Å². The second-order valence-electron chi connectivity index (χ2n) is 4.76. The first-order chi connectivity index (χ1) is 11.1. The van der Waals surface area contributed by atoms with E-state index in [1.54, 1.807) is 48.5 Å². The van der Waals surface area contributed by atoms with Gasteiger partial charge in [-0.15, -0.1) is 0 Å². The van der Waals surface area contributed by atoms with Crippen LogP contribution in [0.15, 0.2) is 48.5 Å². The molecule has 0 aliphatic rings. The topological polar surface area (TPSA) is 67.4 Å². The van der Waals surface area contributed by atoms with Crippen LogP contribution in [0.2, 0.25) is 5.02 Å². The number of carbonyl (C=O) groups is 2. The first kappa shape index (κ1) is 16.8. The highest BCUT2D eigenvalue weighted by molar-refractivity contribution is 6.30. The average molecular weight is 333 g/mol. The van der Waals surface area contributed by atoms with Crippen LogP contribution < -0.4 is 15.6 Å². The largest absolute Gasteiger partial charge is 0.493 e. The van der Waals surface area contributed by atoms with E-state index in [2.05, 4.69) is 10.9 Å². The summed E-state index contributed by atoms with van der Waals surface area (Å²) >= 11 is 5.77. The fourth-order valence-electron chi connectivity index (χ4n) is 1.85. The third kappa shape index (κ3) is 4.72. The van der Waals surface area contributed by atoms with Crippen molar-refractivity contribution in [2.24, 2.45) is 0 Å². The Labute approximate surface area is 139 Å². The van der Waals surface area contributed by atoms with E-state index in [0.29, 0.717) is 28.5 Å². The SMILES string of the molecule is CCCOc1ccccc1C(=O)NNC(=O)c1ccc(Cl)cc1. The molecule has 0 aliphatic heterocycles. The van der Waals surface area contributed by atoms with E-state index >= 15 is 0 Å². The molecule has 2 aromatic rings. The third-order valence-electron chi connectivity index (χ3n) is 2.99. The van der Waals surface area contributed by atoms with Gasteiger partial charge in [-0.25, -0.2) is 0 Å². The summed E-state index contributed by atoms with van der Waals surface area (Å²) in [6.45, 7) is 2.50. The van der Waals surface area contributed by atoms with Gasteiger partial charge < -0.3 is 4.74 Å². The van der Waals surface area contributed by atoms with E-state index in [0.717, 1.165) is 6.42 Å². The summed E-state index contributed by atoms with van der Waals surface area (Å²) in [6.07, 6.45) is 0.837. The fraction of sp³-hybridized carbons (Fsp3) is 0.176. The number of rotatable bonds is 5. The minimum absolute atomic E-state index is 0.359. The van der Waals surface area contributed by atoms with E-state index in [4.69, 9.17) is 16.3 Å². The second-order valence-corrected chi connectivity index (χ2v) is 5.20. The van der Waals surface area contributed by atoms with Gasteiger partial charge in [0.15, 0.2) is 0 Å². The van der Waals surface area contributed by atoms with Gasteiger partial charge in [0, 0.05) is 10.6 Å². The number of hydrogen-bond donors (Lipinski definition) is 2. The van der Waals surface area contributed by atoms with Crippen LogP contribution in [0, 0.1) is 0 Å². The molecule has 0 fully saturated rings. The van der Waals surface area contributed by atoms with Crippen molar-refractivity contribution in [1.29, 1.82) is 0 Å². The van der Waals surface area contributed by atoms with Crippen LogP contribution in [0.25, 0.3) is 0 Å². The lowest BCUT2D eigenvalue weighted by Crippen LogP contribution is -2.41. The smallest absolute Gasteiger partial charge is 0.273 e. The molecule has 0 spiro atoms. The van der Waals surface area contributed by atoms with Crippen LogP contribution in [-0.4, -0.2) is 18.4 Å². The van der Waals surface area contributed by atoms with Crippen LogP contribution in [0.5, 0.6) is 5.75 Å². The van der Waals surface area contributed by atoms with Crippen molar-refractivity contribution in [3.63, 3.8) is 0 Å². The predicted octanol–water partition coefficient (Wildman–Crippen LogP) is 3.20. The van der Waals surface area contributed by atoms with Crippen LogP contribution in [0.4, 0.5) is 0 Å². The zero-order valence-corrected chi connectivity index (χ0v) is 13.4. The van der Waals surface area contributed by atoms with Crippen molar-refractivity contribution >= 4 is 23.4 Å². The summed E-state index contributed by atoms with van der Waals surface area (Å²) in [6, 6.07) is 13.2. The molecule has 5 nitrogen and oxygen atoms in total. The van der Waals surface area contributed by atoms with Gasteiger partial charge in [-0.3, -0.25) is 20.4 Å². The van der Waals surface area contributed by atoms with Gasteiger partial charge in [0.05, 0.1) is 12.2 Å². The summed E-state index contributed by atoms with van der Waals surface area (Å²) in [5, 5.41) is 0.535. The van der Waals surface area contributed by atoms with Gasteiger partial charge >= 0.3 is 0 Å². The number of ether oxygens (including phenoxy) is 1. The van der Waals surface area contributed by atoms with E-state index < -0.39 is 11.8 Å². The monoisotopic (exact) mass is 332 g/mol. The first-order valence-electron chi connectivity index (χ1n) is 7.20. The molecule has 6 heteroatoms. The molecule has 0 atom stereocenters. The zero-order valence-electron chi connectivity index (χ0n) is 12.6. The van der Waals surface area contributed by atoms with Crippen molar-refractivity contribution in [3.8, 4) is 5.75 Å². The van der Waals surface area contributed by atoms with Crippen LogP contribution >= 0.6 is 11.6 Å². The van der Waals surface area contributed by atoms with Gasteiger partial charge in [0.2, 0.25) is 0 Å². The molecule has 23 heavy (non-hydrogen) atoms. The molecule has 2 N–H and O–H groups in total. The molecular weight excluding hydrogens is 316 g/mol. The lowest BCUT2D eigenvalue weighted by atomic mass is 10.2. The van der Waals surface area contributed by atoms with E-state index in [1.165, 1.54) is 0 Å². The number of benzene rings is 2. The number of carbonyl (C=O) groups excluding carboxylic acids is 2. The minimum atomic E-state index is -0.445. The summed E-state index contributed by atoms with van der Waals surface area (Å²) in [5.74, 6) is -0.395. The Kier molecular flexibility index (Phi) is 6.00. The quantitative estimate of drug-likeness (QED) is 0.826. The zero-order chi connectivity index (χ0) is 16.7. The molecule has 120 valence electrons. The molecule has 0 aromatic heterocycles. The molecule has 0 aliphatic carbocycles. The molecule has 2 amide bonds. The maximum absolute atomic E-state index is 12.2. The fourth-order valence-corrected chi connectivity index (χ4v) is 1.97. The third-order valence-corrected chi connectivity index (χ3v) is 3.24. The standard InChI is InChI=1S/C17H17ClN2O3/c1-2-11-23-15-6-4-3-5-14(15)17(22)20-19-16(21)12-7-9-13(18)10-8-12/h3-10H,2,11H2,1H3,(H,19,21)(H,20,22). The Morgan fingerprint density at radius 2 is 1.65 bits per heavy atom. The molecule has 0 bridgehead atoms. The molecule has 0 unspecified atom stereocenters. The predicted molar refractivity (Wildman–Crippen MR) is 88.6 cm³/mol. The Hall–Kier alpha value is -2.53. The maximum Gasteiger partial charge on any atom is 0.273 e. The van der Waals surface area contributed by atoms with Crippen LogP contribution in [0.3, 0.4) is 0 Å². The summed E-state index contributed by atoms with van der Waals surface area (Å²) < 4.78 is 5.52. The molecule has 0 radical (unpaired) electrons. The van der Waals surface area contributed by atoms with E-state index in [9.17, 15) is 9.59 Å². The number of halogens is 1. The van der Waals surface area contributed by atoms with Crippen LogP contribution in [0.1, 0.15) is 34.1 Å². The number of nitrogens with one attached hydrogen (secondary N) is 2. The van der Waals surface area contributed by atoms with Crippen molar-refractivity contribution in [1.82, 2.24) is 10.9 Å². The molecule has 0 saturated carbocycles. The summed E-state index contributed by atoms with van der Waals surface area (Å²) in [4.78, 5) is 24.1. The molecular formula is C17H17ClN2O3. The average Bonchev–Trinajstić information content (AvgIpc) is 2.58. The highest BCUT2D eigenvalue weighted by Crippen LogP contribution is 2.17. The van der Waals surface area contributed by atoms with E-state index in [-0.39, 0.29) is 0 Å². The first-order valence-corrected chi connectivity index (χ1v) is 7.57. The highest BCUT2D eigenvalue weighted by Gasteiger charge is 2.13. The van der Waals surface area contributed by atoms with Gasteiger partial charge in [0.25, 0.3) is 11.8 Å². The number of para-hydroxylation sites is 1. The van der Waals surface area contributed by atoms with Gasteiger partial charge in [0.1, 0.15) is 5.75 Å². The lowest BCUT2D eigenvalue weighted by Gasteiger charge is -2.11.